The normalized spacial score (nSPS) is 11.4. The van der Waals surface area contributed by atoms with Crippen LogP contribution in [0.15, 0.2) is 59.1 Å². The summed E-state index contributed by atoms with van der Waals surface area (Å²) in [6.45, 7) is 4.71. The highest BCUT2D eigenvalue weighted by Crippen LogP contribution is 2.38. The lowest BCUT2D eigenvalue weighted by molar-refractivity contribution is 0.269. The Morgan fingerprint density at radius 1 is 1.15 bits per heavy atom. The lowest BCUT2D eigenvalue weighted by Gasteiger charge is -2.15. The quantitative estimate of drug-likeness (QED) is 0.258. The molecular formula is C26H21BrClN3O2. The molecule has 0 saturated carbocycles. The zero-order valence-electron chi connectivity index (χ0n) is 18.2. The first-order valence-electron chi connectivity index (χ1n) is 10.4. The van der Waals surface area contributed by atoms with Gasteiger partial charge >= 0.3 is 0 Å². The van der Waals surface area contributed by atoms with E-state index < -0.39 is 0 Å². The standard InChI is InChI=1S/C26H21BrClN3O2/c1-3-32-24-13-18(12-21(28)25(24)33-15-17-5-7-20(27)8-6-17)11-19(14-29)26-30-22-9-4-16(2)10-23(22)31-26/h4-13H,3,15H2,1-2H3,(H,30,31)/b19-11-. The van der Waals surface area contributed by atoms with Gasteiger partial charge < -0.3 is 14.5 Å². The first-order chi connectivity index (χ1) is 16.0. The number of aromatic nitrogens is 2. The molecule has 4 aromatic rings. The Morgan fingerprint density at radius 3 is 2.67 bits per heavy atom. The second-order valence-corrected chi connectivity index (χ2v) is 8.78. The van der Waals surface area contributed by atoms with E-state index >= 15 is 0 Å². The number of benzene rings is 3. The van der Waals surface area contributed by atoms with Gasteiger partial charge in [-0.1, -0.05) is 45.7 Å². The lowest BCUT2D eigenvalue weighted by atomic mass is 10.1. The molecule has 4 rings (SSSR count). The van der Waals surface area contributed by atoms with Gasteiger partial charge in [0, 0.05) is 4.47 Å². The number of nitrogens with zero attached hydrogens (tertiary/aromatic N) is 2. The van der Waals surface area contributed by atoms with Crippen molar-refractivity contribution < 1.29 is 9.47 Å². The second-order valence-electron chi connectivity index (χ2n) is 7.45. The molecule has 7 heteroatoms. The predicted octanol–water partition coefficient (Wildman–Crippen LogP) is 7.33. The molecule has 5 nitrogen and oxygen atoms in total. The molecule has 0 aliphatic heterocycles. The fourth-order valence-electron chi connectivity index (χ4n) is 3.38. The van der Waals surface area contributed by atoms with E-state index in [-0.39, 0.29) is 0 Å². The topological polar surface area (TPSA) is 70.9 Å². The van der Waals surface area contributed by atoms with E-state index in [0.717, 1.165) is 26.6 Å². The van der Waals surface area contributed by atoms with E-state index in [4.69, 9.17) is 21.1 Å². The highest BCUT2D eigenvalue weighted by Gasteiger charge is 2.14. The number of H-pyrrole nitrogens is 1. The van der Waals surface area contributed by atoms with Gasteiger partial charge in [0.2, 0.25) is 0 Å². The summed E-state index contributed by atoms with van der Waals surface area (Å²) in [5, 5.41) is 10.2. The van der Waals surface area contributed by atoms with Gasteiger partial charge in [0.15, 0.2) is 11.5 Å². The maximum absolute atomic E-state index is 9.78. The molecule has 0 saturated heterocycles. The van der Waals surface area contributed by atoms with Crippen molar-refractivity contribution in [1.82, 2.24) is 9.97 Å². The highest BCUT2D eigenvalue weighted by atomic mass is 79.9. The second kappa shape index (κ2) is 10.1. The first kappa shape index (κ1) is 22.9. The van der Waals surface area contributed by atoms with Crippen LogP contribution in [0.2, 0.25) is 5.02 Å². The maximum atomic E-state index is 9.78. The number of halogens is 2. The van der Waals surface area contributed by atoms with E-state index in [9.17, 15) is 5.26 Å². The SMILES string of the molecule is CCOc1cc(/C=C(/C#N)c2nc3ccc(C)cc3[nH]2)cc(Cl)c1OCc1ccc(Br)cc1. The summed E-state index contributed by atoms with van der Waals surface area (Å²) >= 11 is 10.00. The summed E-state index contributed by atoms with van der Waals surface area (Å²) in [7, 11) is 0. The van der Waals surface area contributed by atoms with Gasteiger partial charge in [0.1, 0.15) is 18.5 Å². The number of hydrogen-bond donors (Lipinski definition) is 1. The molecule has 1 N–H and O–H groups in total. The van der Waals surface area contributed by atoms with Gasteiger partial charge in [-0.2, -0.15) is 5.26 Å². The molecule has 0 aliphatic rings. The fourth-order valence-corrected chi connectivity index (χ4v) is 3.92. The van der Waals surface area contributed by atoms with Gasteiger partial charge in [-0.05, 0) is 73.0 Å². The maximum Gasteiger partial charge on any atom is 0.180 e. The number of allylic oxidation sites excluding steroid dienone is 1. The zero-order chi connectivity index (χ0) is 23.4. The predicted molar refractivity (Wildman–Crippen MR) is 135 cm³/mol. The number of rotatable bonds is 7. The molecule has 0 fully saturated rings. The van der Waals surface area contributed by atoms with Gasteiger partial charge in [-0.25, -0.2) is 4.98 Å². The minimum Gasteiger partial charge on any atom is -0.490 e. The Balaban J connectivity index is 1.65. The van der Waals surface area contributed by atoms with Gasteiger partial charge in [0.05, 0.1) is 28.2 Å². The minimum absolute atomic E-state index is 0.351. The summed E-state index contributed by atoms with van der Waals surface area (Å²) in [5.74, 6) is 1.49. The third-order valence-corrected chi connectivity index (χ3v) is 5.76. The number of nitrogens with one attached hydrogen (secondary N) is 1. The molecule has 0 bridgehead atoms. The van der Waals surface area contributed by atoms with Gasteiger partial charge in [-0.15, -0.1) is 0 Å². The van der Waals surface area contributed by atoms with Crippen molar-refractivity contribution in [1.29, 1.82) is 5.26 Å². The Kier molecular flexibility index (Phi) is 7.02. The third-order valence-electron chi connectivity index (χ3n) is 4.95. The molecular weight excluding hydrogens is 502 g/mol. The van der Waals surface area contributed by atoms with Crippen molar-refractivity contribution in [3.63, 3.8) is 0 Å². The molecule has 33 heavy (non-hydrogen) atoms. The largest absolute Gasteiger partial charge is 0.490 e. The summed E-state index contributed by atoms with van der Waals surface area (Å²) < 4.78 is 12.8. The minimum atomic E-state index is 0.351. The monoisotopic (exact) mass is 521 g/mol. The van der Waals surface area contributed by atoms with Crippen molar-refractivity contribution in [2.75, 3.05) is 6.61 Å². The van der Waals surface area contributed by atoms with E-state index in [0.29, 0.717) is 46.7 Å². The molecule has 1 heterocycles. The summed E-state index contributed by atoms with van der Waals surface area (Å²) in [6, 6.07) is 19.6. The van der Waals surface area contributed by atoms with Crippen LogP contribution in [0.1, 0.15) is 29.4 Å². The van der Waals surface area contributed by atoms with Crippen LogP contribution in [0.4, 0.5) is 0 Å². The van der Waals surface area contributed by atoms with Gasteiger partial charge in [0.25, 0.3) is 0 Å². The highest BCUT2D eigenvalue weighted by molar-refractivity contribution is 9.10. The van der Waals surface area contributed by atoms with Crippen LogP contribution >= 0.6 is 27.5 Å². The van der Waals surface area contributed by atoms with Crippen molar-refractivity contribution in [2.45, 2.75) is 20.5 Å². The number of aryl methyl sites for hydroxylation is 1. The smallest absolute Gasteiger partial charge is 0.180 e. The Hall–Kier alpha value is -3.27. The Morgan fingerprint density at radius 2 is 1.94 bits per heavy atom. The van der Waals surface area contributed by atoms with Crippen molar-refractivity contribution in [3.05, 3.63) is 86.6 Å². The summed E-state index contributed by atoms with van der Waals surface area (Å²) in [5.41, 5.74) is 4.93. The Bertz CT molecular complexity index is 1370. The molecule has 0 atom stereocenters. The van der Waals surface area contributed by atoms with E-state index in [2.05, 4.69) is 32.0 Å². The van der Waals surface area contributed by atoms with Crippen LogP contribution < -0.4 is 9.47 Å². The molecule has 0 radical (unpaired) electrons. The molecule has 166 valence electrons. The summed E-state index contributed by atoms with van der Waals surface area (Å²) in [4.78, 5) is 7.77. The zero-order valence-corrected chi connectivity index (χ0v) is 20.5. The third kappa shape index (κ3) is 5.39. The van der Waals surface area contributed by atoms with Crippen LogP contribution in [-0.2, 0) is 6.61 Å². The van der Waals surface area contributed by atoms with Crippen LogP contribution in [0, 0.1) is 18.3 Å². The number of imidazole rings is 1. The van der Waals surface area contributed by atoms with E-state index in [1.165, 1.54) is 0 Å². The molecule has 0 amide bonds. The van der Waals surface area contributed by atoms with Gasteiger partial charge in [-0.3, -0.25) is 0 Å². The number of hydrogen-bond acceptors (Lipinski definition) is 4. The summed E-state index contributed by atoms with van der Waals surface area (Å²) in [6.07, 6.45) is 1.73. The average Bonchev–Trinajstić information content (AvgIpc) is 3.21. The van der Waals surface area contributed by atoms with E-state index in [1.807, 2.05) is 62.4 Å². The van der Waals surface area contributed by atoms with E-state index in [1.54, 1.807) is 12.1 Å². The van der Waals surface area contributed by atoms with Crippen LogP contribution in [-0.4, -0.2) is 16.6 Å². The fraction of sp³-hybridized carbons (Fsp3) is 0.154. The molecule has 1 aromatic heterocycles. The molecule has 0 spiro atoms. The molecule has 0 aliphatic carbocycles. The lowest BCUT2D eigenvalue weighted by Crippen LogP contribution is -2.01. The van der Waals surface area contributed by atoms with Crippen LogP contribution in [0.25, 0.3) is 22.7 Å². The average molecular weight is 523 g/mol. The van der Waals surface area contributed by atoms with Crippen molar-refractivity contribution >= 4 is 50.2 Å². The number of ether oxygens (including phenoxy) is 2. The van der Waals surface area contributed by atoms with Crippen LogP contribution in [0.3, 0.4) is 0 Å². The van der Waals surface area contributed by atoms with Crippen molar-refractivity contribution in [2.24, 2.45) is 0 Å². The van der Waals surface area contributed by atoms with Crippen LogP contribution in [0.5, 0.6) is 11.5 Å². The molecule has 3 aromatic carbocycles. The number of fused-ring (bicyclic) bond motifs is 1. The molecule has 0 unspecified atom stereocenters. The number of aromatic amines is 1. The van der Waals surface area contributed by atoms with Crippen molar-refractivity contribution in [3.8, 4) is 17.6 Å². The first-order valence-corrected chi connectivity index (χ1v) is 11.6. The Labute approximate surface area is 205 Å². The number of nitriles is 1.